The Morgan fingerprint density at radius 3 is 2.67 bits per heavy atom. The SMILES string of the molecule is CNC1CCC(C(C)C)CC1Cc1ccc(OC)c(Br)c1. The predicted molar refractivity (Wildman–Crippen MR) is 92.9 cm³/mol. The molecule has 0 amide bonds. The fourth-order valence-corrected chi connectivity index (χ4v) is 4.24. The van der Waals surface area contributed by atoms with Crippen LogP contribution in [0.2, 0.25) is 0 Å². The first-order valence-electron chi connectivity index (χ1n) is 8.04. The van der Waals surface area contributed by atoms with Crippen molar-refractivity contribution in [2.45, 2.75) is 45.6 Å². The van der Waals surface area contributed by atoms with Crippen LogP contribution in [0.1, 0.15) is 38.7 Å². The van der Waals surface area contributed by atoms with Gasteiger partial charge in [-0.3, -0.25) is 0 Å². The number of halogens is 1. The molecule has 0 aliphatic heterocycles. The molecule has 1 fully saturated rings. The molecule has 0 radical (unpaired) electrons. The predicted octanol–water partition coefficient (Wildman–Crippen LogP) is 4.66. The summed E-state index contributed by atoms with van der Waals surface area (Å²) in [5.74, 6) is 3.32. The molecule has 1 aromatic rings. The Bertz CT molecular complexity index is 461. The maximum atomic E-state index is 5.32. The van der Waals surface area contributed by atoms with E-state index in [1.54, 1.807) is 7.11 Å². The van der Waals surface area contributed by atoms with Crippen LogP contribution in [0.5, 0.6) is 5.75 Å². The molecule has 21 heavy (non-hydrogen) atoms. The monoisotopic (exact) mass is 353 g/mol. The number of ether oxygens (including phenoxy) is 1. The van der Waals surface area contributed by atoms with Crippen molar-refractivity contribution in [3.8, 4) is 5.75 Å². The lowest BCUT2D eigenvalue weighted by Crippen LogP contribution is -2.40. The molecule has 3 heteroatoms. The average molecular weight is 354 g/mol. The normalized spacial score (nSPS) is 26.1. The van der Waals surface area contributed by atoms with Gasteiger partial charge in [-0.05, 0) is 84.1 Å². The quantitative estimate of drug-likeness (QED) is 0.830. The molecule has 1 aliphatic rings. The van der Waals surface area contributed by atoms with E-state index < -0.39 is 0 Å². The minimum atomic E-state index is 0.654. The molecular formula is C18H28BrNO. The van der Waals surface area contributed by atoms with Crippen LogP contribution in [-0.4, -0.2) is 20.2 Å². The molecule has 0 aromatic heterocycles. The van der Waals surface area contributed by atoms with E-state index in [-0.39, 0.29) is 0 Å². The molecular weight excluding hydrogens is 326 g/mol. The van der Waals surface area contributed by atoms with Crippen molar-refractivity contribution < 1.29 is 4.74 Å². The van der Waals surface area contributed by atoms with E-state index in [4.69, 9.17) is 4.74 Å². The van der Waals surface area contributed by atoms with Crippen LogP contribution in [0, 0.1) is 17.8 Å². The van der Waals surface area contributed by atoms with Crippen molar-refractivity contribution in [2.75, 3.05) is 14.2 Å². The molecule has 2 nitrogen and oxygen atoms in total. The first kappa shape index (κ1) is 16.8. The number of rotatable bonds is 5. The molecule has 1 saturated carbocycles. The van der Waals surface area contributed by atoms with Crippen LogP contribution < -0.4 is 10.1 Å². The second kappa shape index (κ2) is 7.64. The number of hydrogen-bond acceptors (Lipinski definition) is 2. The summed E-state index contributed by atoms with van der Waals surface area (Å²) < 4.78 is 6.38. The lowest BCUT2D eigenvalue weighted by molar-refractivity contribution is 0.173. The van der Waals surface area contributed by atoms with Gasteiger partial charge in [-0.15, -0.1) is 0 Å². The molecule has 1 aliphatic carbocycles. The van der Waals surface area contributed by atoms with E-state index in [0.29, 0.717) is 6.04 Å². The molecule has 2 rings (SSSR count). The summed E-state index contributed by atoms with van der Waals surface area (Å²) in [6, 6.07) is 7.14. The van der Waals surface area contributed by atoms with Crippen LogP contribution in [0.3, 0.4) is 0 Å². The van der Waals surface area contributed by atoms with Gasteiger partial charge < -0.3 is 10.1 Å². The van der Waals surface area contributed by atoms with Crippen LogP contribution in [0.15, 0.2) is 22.7 Å². The smallest absolute Gasteiger partial charge is 0.133 e. The summed E-state index contributed by atoms with van der Waals surface area (Å²) in [7, 11) is 3.82. The summed E-state index contributed by atoms with van der Waals surface area (Å²) in [6.45, 7) is 4.73. The minimum Gasteiger partial charge on any atom is -0.496 e. The first-order chi connectivity index (χ1) is 10.0. The maximum absolute atomic E-state index is 5.32. The fraction of sp³-hybridized carbons (Fsp3) is 0.667. The molecule has 1 aromatic carbocycles. The summed E-state index contributed by atoms with van der Waals surface area (Å²) in [5.41, 5.74) is 1.40. The average Bonchev–Trinajstić information content (AvgIpc) is 2.47. The number of methoxy groups -OCH3 is 1. The number of benzene rings is 1. The summed E-state index contributed by atoms with van der Waals surface area (Å²) in [6.07, 6.45) is 5.16. The zero-order valence-corrected chi connectivity index (χ0v) is 15.2. The molecule has 0 bridgehead atoms. The van der Waals surface area contributed by atoms with Gasteiger partial charge in [0, 0.05) is 6.04 Å². The third kappa shape index (κ3) is 4.23. The van der Waals surface area contributed by atoms with Crippen LogP contribution in [0.4, 0.5) is 0 Å². The second-order valence-corrected chi connectivity index (χ2v) is 7.50. The van der Waals surface area contributed by atoms with Gasteiger partial charge in [0.15, 0.2) is 0 Å². The van der Waals surface area contributed by atoms with Crippen LogP contribution in [-0.2, 0) is 6.42 Å². The van der Waals surface area contributed by atoms with E-state index in [1.165, 1.54) is 24.8 Å². The van der Waals surface area contributed by atoms with Crippen molar-refractivity contribution in [2.24, 2.45) is 17.8 Å². The molecule has 0 saturated heterocycles. The van der Waals surface area contributed by atoms with Gasteiger partial charge in [-0.1, -0.05) is 19.9 Å². The van der Waals surface area contributed by atoms with Crippen molar-refractivity contribution in [3.05, 3.63) is 28.2 Å². The molecule has 3 unspecified atom stereocenters. The van der Waals surface area contributed by atoms with Crippen molar-refractivity contribution in [1.29, 1.82) is 0 Å². The van der Waals surface area contributed by atoms with Gasteiger partial charge >= 0.3 is 0 Å². The highest BCUT2D eigenvalue weighted by Crippen LogP contribution is 2.36. The Kier molecular flexibility index (Phi) is 6.12. The Morgan fingerprint density at radius 2 is 2.10 bits per heavy atom. The minimum absolute atomic E-state index is 0.654. The van der Waals surface area contributed by atoms with Crippen LogP contribution >= 0.6 is 15.9 Å². The molecule has 3 atom stereocenters. The van der Waals surface area contributed by atoms with Crippen LogP contribution in [0.25, 0.3) is 0 Å². The summed E-state index contributed by atoms with van der Waals surface area (Å²) in [4.78, 5) is 0. The fourth-order valence-electron chi connectivity index (χ4n) is 3.65. The van der Waals surface area contributed by atoms with E-state index in [9.17, 15) is 0 Å². The highest BCUT2D eigenvalue weighted by Gasteiger charge is 2.30. The van der Waals surface area contributed by atoms with E-state index in [1.807, 2.05) is 0 Å². The topological polar surface area (TPSA) is 21.3 Å². The molecule has 1 N–H and O–H groups in total. The van der Waals surface area contributed by atoms with E-state index in [0.717, 1.165) is 34.4 Å². The third-order valence-electron chi connectivity index (χ3n) is 5.05. The first-order valence-corrected chi connectivity index (χ1v) is 8.84. The zero-order valence-electron chi connectivity index (χ0n) is 13.7. The molecule has 0 heterocycles. The van der Waals surface area contributed by atoms with Crippen molar-refractivity contribution in [3.63, 3.8) is 0 Å². The van der Waals surface area contributed by atoms with E-state index >= 15 is 0 Å². The standard InChI is InChI=1S/C18H28BrNO/c1-12(2)14-6-7-17(20-3)15(11-14)9-13-5-8-18(21-4)16(19)10-13/h5,8,10,12,14-15,17,20H,6-7,9,11H2,1-4H3. The Morgan fingerprint density at radius 1 is 1.33 bits per heavy atom. The number of nitrogens with one attached hydrogen (secondary N) is 1. The van der Waals surface area contributed by atoms with Gasteiger partial charge in [0.1, 0.15) is 5.75 Å². The van der Waals surface area contributed by atoms with Gasteiger partial charge in [0.25, 0.3) is 0 Å². The largest absolute Gasteiger partial charge is 0.496 e. The van der Waals surface area contributed by atoms with Gasteiger partial charge in [-0.25, -0.2) is 0 Å². The maximum Gasteiger partial charge on any atom is 0.133 e. The van der Waals surface area contributed by atoms with Crippen molar-refractivity contribution in [1.82, 2.24) is 5.32 Å². The van der Waals surface area contributed by atoms with E-state index in [2.05, 4.69) is 60.3 Å². The summed E-state index contributed by atoms with van der Waals surface area (Å²) in [5, 5.41) is 3.53. The van der Waals surface area contributed by atoms with Gasteiger partial charge in [-0.2, -0.15) is 0 Å². The van der Waals surface area contributed by atoms with Crippen molar-refractivity contribution >= 4 is 15.9 Å². The molecule has 0 spiro atoms. The highest BCUT2D eigenvalue weighted by molar-refractivity contribution is 9.10. The highest BCUT2D eigenvalue weighted by atomic mass is 79.9. The summed E-state index contributed by atoms with van der Waals surface area (Å²) >= 11 is 3.60. The second-order valence-electron chi connectivity index (χ2n) is 6.65. The zero-order chi connectivity index (χ0) is 15.4. The molecule has 118 valence electrons. The lowest BCUT2D eigenvalue weighted by atomic mass is 9.72. The van der Waals surface area contributed by atoms with Gasteiger partial charge in [0.2, 0.25) is 0 Å². The lowest BCUT2D eigenvalue weighted by Gasteiger charge is -2.38. The van der Waals surface area contributed by atoms with Gasteiger partial charge in [0.05, 0.1) is 11.6 Å². The Balaban J connectivity index is 2.09. The third-order valence-corrected chi connectivity index (χ3v) is 5.67. The number of hydrogen-bond donors (Lipinski definition) is 1. The Hall–Kier alpha value is -0.540. The Labute approximate surface area is 137 Å².